The third-order valence-electron chi connectivity index (χ3n) is 6.04. The lowest BCUT2D eigenvalue weighted by molar-refractivity contribution is -0.141. The molecule has 1 atom stereocenters. The van der Waals surface area contributed by atoms with E-state index >= 15 is 0 Å². The molecule has 0 bridgehead atoms. The quantitative estimate of drug-likeness (QED) is 0.567. The van der Waals surface area contributed by atoms with Crippen LogP contribution in [0, 0.1) is 0 Å². The fourth-order valence-corrected chi connectivity index (χ4v) is 3.97. The number of hydrogen-bond acceptors (Lipinski definition) is 5. The molecule has 1 unspecified atom stereocenters. The third kappa shape index (κ3) is 3.73. The minimum Gasteiger partial charge on any atom is -0.423 e. The zero-order valence-corrected chi connectivity index (χ0v) is 17.2. The highest BCUT2D eigenvalue weighted by atomic mass is 19.4. The molecule has 2 aromatic heterocycles. The third-order valence-corrected chi connectivity index (χ3v) is 6.04. The molecule has 0 radical (unpaired) electrons. The summed E-state index contributed by atoms with van der Waals surface area (Å²) in [5.74, 6) is 0.492. The second kappa shape index (κ2) is 7.25. The number of alkyl halides is 3. The van der Waals surface area contributed by atoms with Crippen molar-refractivity contribution in [3.8, 4) is 22.9 Å². The second-order valence-electron chi connectivity index (χ2n) is 8.20. The van der Waals surface area contributed by atoms with E-state index in [4.69, 9.17) is 4.74 Å². The van der Waals surface area contributed by atoms with Crippen LogP contribution in [-0.2, 0) is 12.6 Å². The molecule has 1 aliphatic carbocycles. The second-order valence-corrected chi connectivity index (χ2v) is 8.20. The summed E-state index contributed by atoms with van der Waals surface area (Å²) in [6.07, 6.45) is 4.11. The molecular formula is C22H22F3N5O. The van der Waals surface area contributed by atoms with Gasteiger partial charge in [0.05, 0.1) is 12.2 Å². The Morgan fingerprint density at radius 3 is 2.68 bits per heavy atom. The monoisotopic (exact) mass is 429 g/mol. The van der Waals surface area contributed by atoms with Gasteiger partial charge < -0.3 is 9.64 Å². The molecule has 2 aliphatic rings. The van der Waals surface area contributed by atoms with Crippen LogP contribution in [0.5, 0.6) is 11.8 Å². The lowest BCUT2D eigenvalue weighted by Gasteiger charge is -2.35. The van der Waals surface area contributed by atoms with E-state index in [0.29, 0.717) is 17.8 Å². The predicted molar refractivity (Wildman–Crippen MR) is 109 cm³/mol. The normalized spacial score (nSPS) is 18.7. The van der Waals surface area contributed by atoms with E-state index in [2.05, 4.69) is 26.9 Å². The molecule has 3 heterocycles. The Labute approximate surface area is 177 Å². The van der Waals surface area contributed by atoms with Gasteiger partial charge in [-0.3, -0.25) is 4.68 Å². The summed E-state index contributed by atoms with van der Waals surface area (Å²) in [5, 5.41) is 4.46. The van der Waals surface area contributed by atoms with Crippen LogP contribution in [-0.4, -0.2) is 32.8 Å². The highest BCUT2D eigenvalue weighted by molar-refractivity contribution is 5.77. The fourth-order valence-electron chi connectivity index (χ4n) is 3.97. The van der Waals surface area contributed by atoms with Gasteiger partial charge >= 0.3 is 12.2 Å². The van der Waals surface area contributed by atoms with Gasteiger partial charge in [-0.1, -0.05) is 0 Å². The summed E-state index contributed by atoms with van der Waals surface area (Å²) in [5.41, 5.74) is 2.54. The number of hydrogen-bond donors (Lipinski definition) is 0. The molecule has 162 valence electrons. The lowest BCUT2D eigenvalue weighted by atomic mass is 9.93. The van der Waals surface area contributed by atoms with Crippen LogP contribution >= 0.6 is 0 Å². The zero-order valence-electron chi connectivity index (χ0n) is 17.2. The standard InChI is InChI=1S/C22H22F3N5O/c1-13-3-6-17-18(29(13)2)8-7-16(14-11-27-30(12-14)15-4-5-15)20(17)31-21-26-10-9-19(28-21)22(23,24)25/h7-13,15H,3-6H2,1-2H3. The van der Waals surface area contributed by atoms with Crippen LogP contribution in [0.4, 0.5) is 18.9 Å². The molecule has 9 heteroatoms. The Balaban J connectivity index is 1.61. The first-order chi connectivity index (χ1) is 14.8. The van der Waals surface area contributed by atoms with Gasteiger partial charge in [0.15, 0.2) is 5.69 Å². The fraction of sp³-hybridized carbons (Fsp3) is 0.409. The number of aromatic nitrogens is 4. The van der Waals surface area contributed by atoms with E-state index in [-0.39, 0.29) is 6.01 Å². The smallest absolute Gasteiger partial charge is 0.423 e. The summed E-state index contributed by atoms with van der Waals surface area (Å²) in [6.45, 7) is 2.15. The number of rotatable bonds is 4. The summed E-state index contributed by atoms with van der Waals surface area (Å²) in [4.78, 5) is 9.71. The largest absolute Gasteiger partial charge is 0.433 e. The highest BCUT2D eigenvalue weighted by Crippen LogP contribution is 2.44. The summed E-state index contributed by atoms with van der Waals surface area (Å²) in [7, 11) is 2.01. The molecule has 0 spiro atoms. The molecule has 5 rings (SSSR count). The first-order valence-electron chi connectivity index (χ1n) is 10.3. The number of benzene rings is 1. The van der Waals surface area contributed by atoms with Crippen molar-refractivity contribution < 1.29 is 17.9 Å². The Bertz CT molecular complexity index is 1120. The summed E-state index contributed by atoms with van der Waals surface area (Å²) < 4.78 is 47.3. The summed E-state index contributed by atoms with van der Waals surface area (Å²) in [6, 6.07) is 5.27. The van der Waals surface area contributed by atoms with Crippen molar-refractivity contribution in [1.82, 2.24) is 19.7 Å². The van der Waals surface area contributed by atoms with Crippen molar-refractivity contribution in [2.24, 2.45) is 0 Å². The molecule has 6 nitrogen and oxygen atoms in total. The average molecular weight is 429 g/mol. The Morgan fingerprint density at radius 2 is 1.94 bits per heavy atom. The van der Waals surface area contributed by atoms with Crippen LogP contribution < -0.4 is 9.64 Å². The van der Waals surface area contributed by atoms with Crippen molar-refractivity contribution in [2.45, 2.75) is 50.9 Å². The van der Waals surface area contributed by atoms with Crippen molar-refractivity contribution in [1.29, 1.82) is 0 Å². The van der Waals surface area contributed by atoms with Gasteiger partial charge in [0.2, 0.25) is 0 Å². The molecule has 0 saturated heterocycles. The maximum absolute atomic E-state index is 13.1. The van der Waals surface area contributed by atoms with E-state index in [0.717, 1.165) is 60.3 Å². The van der Waals surface area contributed by atoms with Gasteiger partial charge in [0.25, 0.3) is 0 Å². The first kappa shape index (κ1) is 19.8. The molecule has 31 heavy (non-hydrogen) atoms. The van der Waals surface area contributed by atoms with Gasteiger partial charge in [-0.15, -0.1) is 0 Å². The Hall–Kier alpha value is -3.10. The number of anilines is 1. The van der Waals surface area contributed by atoms with Crippen molar-refractivity contribution >= 4 is 5.69 Å². The van der Waals surface area contributed by atoms with Crippen LogP contribution in [0.1, 0.15) is 43.5 Å². The number of ether oxygens (including phenoxy) is 1. The van der Waals surface area contributed by atoms with Crippen LogP contribution in [0.2, 0.25) is 0 Å². The van der Waals surface area contributed by atoms with Gasteiger partial charge in [-0.25, -0.2) is 4.98 Å². The average Bonchev–Trinajstić information content (AvgIpc) is 3.48. The molecule has 3 aromatic rings. The number of halogens is 3. The van der Waals surface area contributed by atoms with Crippen LogP contribution in [0.25, 0.3) is 11.1 Å². The predicted octanol–water partition coefficient (Wildman–Crippen LogP) is 5.26. The first-order valence-corrected chi connectivity index (χ1v) is 10.3. The van der Waals surface area contributed by atoms with E-state index in [1.807, 2.05) is 30.1 Å². The van der Waals surface area contributed by atoms with E-state index in [9.17, 15) is 13.2 Å². The zero-order chi connectivity index (χ0) is 21.8. The van der Waals surface area contributed by atoms with Gasteiger partial charge in [-0.05, 0) is 50.8 Å². The highest BCUT2D eigenvalue weighted by Gasteiger charge is 2.34. The van der Waals surface area contributed by atoms with E-state index < -0.39 is 11.9 Å². The van der Waals surface area contributed by atoms with E-state index in [1.165, 1.54) is 0 Å². The summed E-state index contributed by atoms with van der Waals surface area (Å²) >= 11 is 0. The van der Waals surface area contributed by atoms with Gasteiger partial charge in [-0.2, -0.15) is 23.3 Å². The number of nitrogens with zero attached hydrogens (tertiary/aromatic N) is 5. The van der Waals surface area contributed by atoms with Crippen LogP contribution in [0.3, 0.4) is 0 Å². The number of fused-ring (bicyclic) bond motifs is 1. The Morgan fingerprint density at radius 1 is 1.13 bits per heavy atom. The molecule has 0 amide bonds. The maximum atomic E-state index is 13.1. The topological polar surface area (TPSA) is 56.1 Å². The van der Waals surface area contributed by atoms with Gasteiger partial charge in [0, 0.05) is 47.9 Å². The van der Waals surface area contributed by atoms with Crippen molar-refractivity contribution in [2.75, 3.05) is 11.9 Å². The molecule has 0 N–H and O–H groups in total. The SMILES string of the molecule is CC1CCc2c(ccc(-c3cnn(C4CC4)c3)c2Oc2nccc(C(F)(F)F)n2)N1C. The Kier molecular flexibility index (Phi) is 4.64. The van der Waals surface area contributed by atoms with E-state index in [1.54, 1.807) is 6.20 Å². The molecule has 1 aliphatic heterocycles. The molecule has 1 saturated carbocycles. The van der Waals surface area contributed by atoms with Crippen molar-refractivity contribution in [3.05, 3.63) is 48.0 Å². The minimum absolute atomic E-state index is 0.319. The van der Waals surface area contributed by atoms with Crippen molar-refractivity contribution in [3.63, 3.8) is 0 Å². The van der Waals surface area contributed by atoms with Gasteiger partial charge in [0.1, 0.15) is 5.75 Å². The minimum atomic E-state index is -4.57. The maximum Gasteiger partial charge on any atom is 0.433 e. The van der Waals surface area contributed by atoms with Crippen LogP contribution in [0.15, 0.2) is 36.8 Å². The molecule has 1 fully saturated rings. The molecule has 1 aromatic carbocycles. The molecular weight excluding hydrogens is 407 g/mol. The lowest BCUT2D eigenvalue weighted by Crippen LogP contribution is -2.33.